The van der Waals surface area contributed by atoms with E-state index in [4.69, 9.17) is 0 Å². The highest BCUT2D eigenvalue weighted by Gasteiger charge is 2.17. The summed E-state index contributed by atoms with van der Waals surface area (Å²) < 4.78 is 0. The van der Waals surface area contributed by atoms with Crippen LogP contribution in [0.4, 0.5) is 0 Å². The maximum Gasteiger partial charge on any atom is 0.0425 e. The van der Waals surface area contributed by atoms with Crippen molar-refractivity contribution in [1.82, 2.24) is 10.3 Å². The van der Waals surface area contributed by atoms with Gasteiger partial charge in [-0.15, -0.1) is 0 Å². The van der Waals surface area contributed by atoms with Crippen molar-refractivity contribution in [2.45, 2.75) is 25.8 Å². The summed E-state index contributed by atoms with van der Waals surface area (Å²) in [5.74, 6) is 0. The highest BCUT2D eigenvalue weighted by Crippen LogP contribution is 2.25. The third-order valence-electron chi connectivity index (χ3n) is 5.02. The molecule has 1 aromatic heterocycles. The van der Waals surface area contributed by atoms with Gasteiger partial charge in [0.15, 0.2) is 0 Å². The fourth-order valence-electron chi connectivity index (χ4n) is 3.57. The third kappa shape index (κ3) is 3.92. The van der Waals surface area contributed by atoms with Crippen molar-refractivity contribution in [2.24, 2.45) is 0 Å². The molecule has 2 nitrogen and oxygen atoms in total. The molecule has 0 saturated heterocycles. The van der Waals surface area contributed by atoms with Crippen LogP contribution in [-0.4, -0.2) is 17.6 Å². The highest BCUT2D eigenvalue weighted by molar-refractivity contribution is 5.67. The molecule has 1 atom stereocenters. The quantitative estimate of drug-likeness (QED) is 0.719. The molecule has 0 amide bonds. The number of hydrogen-bond acceptors (Lipinski definition) is 2. The molecule has 1 aliphatic rings. The lowest BCUT2D eigenvalue weighted by Gasteiger charge is -2.24. The Morgan fingerprint density at radius 3 is 2.54 bits per heavy atom. The molecule has 0 bridgehead atoms. The van der Waals surface area contributed by atoms with Crippen molar-refractivity contribution in [2.75, 3.05) is 6.54 Å². The van der Waals surface area contributed by atoms with E-state index in [9.17, 15) is 0 Å². The van der Waals surface area contributed by atoms with Crippen molar-refractivity contribution in [3.63, 3.8) is 0 Å². The van der Waals surface area contributed by atoms with Crippen LogP contribution in [0.25, 0.3) is 16.7 Å². The number of nitrogens with one attached hydrogen (secondary N) is 1. The maximum absolute atomic E-state index is 4.61. The number of hydrogen-bond donors (Lipinski definition) is 1. The summed E-state index contributed by atoms with van der Waals surface area (Å²) in [6.07, 6.45) is 6.23. The largest absolute Gasteiger partial charge is 0.310 e. The Bertz CT molecular complexity index is 895. The lowest BCUT2D eigenvalue weighted by Crippen LogP contribution is -2.34. The molecule has 26 heavy (non-hydrogen) atoms. The van der Waals surface area contributed by atoms with Crippen LogP contribution in [0.5, 0.6) is 0 Å². The molecule has 1 unspecified atom stereocenters. The highest BCUT2D eigenvalue weighted by atomic mass is 14.9. The van der Waals surface area contributed by atoms with Gasteiger partial charge in [-0.3, -0.25) is 4.98 Å². The van der Waals surface area contributed by atoms with Crippen molar-refractivity contribution >= 4 is 5.57 Å². The van der Waals surface area contributed by atoms with Crippen LogP contribution in [0.15, 0.2) is 79.0 Å². The first-order valence-electron chi connectivity index (χ1n) is 9.28. The van der Waals surface area contributed by atoms with Crippen LogP contribution in [0.1, 0.15) is 23.2 Å². The molecule has 2 heterocycles. The van der Waals surface area contributed by atoms with Gasteiger partial charge in [-0.25, -0.2) is 0 Å². The van der Waals surface area contributed by atoms with Gasteiger partial charge in [0.2, 0.25) is 0 Å². The van der Waals surface area contributed by atoms with Crippen LogP contribution in [0, 0.1) is 6.92 Å². The Labute approximate surface area is 155 Å². The van der Waals surface area contributed by atoms with Gasteiger partial charge in [0.05, 0.1) is 0 Å². The Morgan fingerprint density at radius 1 is 0.923 bits per heavy atom. The van der Waals surface area contributed by atoms with E-state index >= 15 is 0 Å². The number of benzene rings is 2. The number of nitrogens with zero attached hydrogens (tertiary/aromatic N) is 1. The van der Waals surface area contributed by atoms with E-state index in [1.54, 1.807) is 0 Å². The molecule has 0 spiro atoms. The lowest BCUT2D eigenvalue weighted by molar-refractivity contribution is 0.528. The molecule has 0 radical (unpaired) electrons. The van der Waals surface area contributed by atoms with E-state index in [0.717, 1.165) is 25.1 Å². The molecule has 0 saturated carbocycles. The van der Waals surface area contributed by atoms with Gasteiger partial charge in [0.1, 0.15) is 0 Å². The Kier molecular flexibility index (Phi) is 4.94. The van der Waals surface area contributed by atoms with Gasteiger partial charge in [0, 0.05) is 30.9 Å². The number of aryl methyl sites for hydroxylation is 1. The fraction of sp³-hybridized carbons (Fsp3) is 0.208. The zero-order valence-electron chi connectivity index (χ0n) is 15.2. The molecule has 130 valence electrons. The van der Waals surface area contributed by atoms with Gasteiger partial charge in [-0.05, 0) is 47.7 Å². The van der Waals surface area contributed by atoms with Crippen LogP contribution >= 0.6 is 0 Å². The standard InChI is InChI=1S/C24H24N2/c1-18-7-9-20(10-8-18)22-12-14-26-24(16-22)17-23-15-21(11-13-25-23)19-5-3-2-4-6-19/h2-13,15,24,26H,14,16-17H2,1H3. The van der Waals surface area contributed by atoms with Crippen molar-refractivity contribution in [3.8, 4) is 11.1 Å². The van der Waals surface area contributed by atoms with E-state index < -0.39 is 0 Å². The molecule has 1 N–H and O–H groups in total. The molecular weight excluding hydrogens is 316 g/mol. The molecule has 0 fully saturated rings. The first-order valence-corrected chi connectivity index (χ1v) is 9.28. The average Bonchev–Trinajstić information content (AvgIpc) is 2.70. The Morgan fingerprint density at radius 2 is 1.73 bits per heavy atom. The predicted molar refractivity (Wildman–Crippen MR) is 109 cm³/mol. The third-order valence-corrected chi connectivity index (χ3v) is 5.02. The van der Waals surface area contributed by atoms with Crippen molar-refractivity contribution in [1.29, 1.82) is 0 Å². The summed E-state index contributed by atoms with van der Waals surface area (Å²) in [4.78, 5) is 4.61. The Balaban J connectivity index is 1.48. The second-order valence-corrected chi connectivity index (χ2v) is 7.01. The van der Waals surface area contributed by atoms with E-state index in [-0.39, 0.29) is 0 Å². The van der Waals surface area contributed by atoms with Gasteiger partial charge >= 0.3 is 0 Å². The van der Waals surface area contributed by atoms with E-state index in [0.29, 0.717) is 6.04 Å². The summed E-state index contributed by atoms with van der Waals surface area (Å²) in [5, 5.41) is 3.62. The average molecular weight is 340 g/mol. The van der Waals surface area contributed by atoms with E-state index in [1.807, 2.05) is 6.20 Å². The van der Waals surface area contributed by atoms with Crippen LogP contribution in [0.2, 0.25) is 0 Å². The SMILES string of the molecule is Cc1ccc(C2=CCNC(Cc3cc(-c4ccccc4)ccn3)C2)cc1. The predicted octanol–water partition coefficient (Wildman–Crippen LogP) is 5.05. The second-order valence-electron chi connectivity index (χ2n) is 7.01. The van der Waals surface area contributed by atoms with Crippen LogP contribution < -0.4 is 5.32 Å². The summed E-state index contributed by atoms with van der Waals surface area (Å²) in [7, 11) is 0. The maximum atomic E-state index is 4.61. The zero-order valence-corrected chi connectivity index (χ0v) is 15.2. The van der Waals surface area contributed by atoms with E-state index in [2.05, 4.69) is 90.0 Å². The number of pyridine rings is 1. The first-order chi connectivity index (χ1) is 12.8. The molecule has 3 aromatic rings. The summed E-state index contributed by atoms with van der Waals surface area (Å²) in [6.45, 7) is 3.06. The minimum atomic E-state index is 0.426. The lowest BCUT2D eigenvalue weighted by atomic mass is 9.92. The van der Waals surface area contributed by atoms with Crippen LogP contribution in [0.3, 0.4) is 0 Å². The van der Waals surface area contributed by atoms with Crippen LogP contribution in [-0.2, 0) is 6.42 Å². The number of aromatic nitrogens is 1. The summed E-state index contributed by atoms with van der Waals surface area (Å²) in [5.41, 5.74) is 7.71. The molecule has 0 aliphatic carbocycles. The second kappa shape index (κ2) is 7.67. The Hall–Kier alpha value is -2.71. The smallest absolute Gasteiger partial charge is 0.0425 e. The monoisotopic (exact) mass is 340 g/mol. The summed E-state index contributed by atoms with van der Waals surface area (Å²) in [6, 6.07) is 24.1. The molecule has 1 aliphatic heterocycles. The molecule has 4 rings (SSSR count). The molecular formula is C24H24N2. The van der Waals surface area contributed by atoms with Gasteiger partial charge in [0.25, 0.3) is 0 Å². The van der Waals surface area contributed by atoms with Gasteiger partial charge in [-0.1, -0.05) is 66.2 Å². The minimum Gasteiger partial charge on any atom is -0.310 e. The number of rotatable bonds is 4. The molecule has 2 heteroatoms. The minimum absolute atomic E-state index is 0.426. The molecule has 2 aromatic carbocycles. The van der Waals surface area contributed by atoms with Crippen molar-refractivity contribution < 1.29 is 0 Å². The first kappa shape index (κ1) is 16.7. The fourth-order valence-corrected chi connectivity index (χ4v) is 3.57. The summed E-state index contributed by atoms with van der Waals surface area (Å²) >= 11 is 0. The van der Waals surface area contributed by atoms with E-state index in [1.165, 1.54) is 27.8 Å². The zero-order chi connectivity index (χ0) is 17.8. The van der Waals surface area contributed by atoms with Gasteiger partial charge < -0.3 is 5.32 Å². The normalized spacial score (nSPS) is 17.0. The topological polar surface area (TPSA) is 24.9 Å². The van der Waals surface area contributed by atoms with Gasteiger partial charge in [-0.2, -0.15) is 0 Å². The van der Waals surface area contributed by atoms with Crippen molar-refractivity contribution in [3.05, 3.63) is 95.8 Å².